The van der Waals surface area contributed by atoms with Crippen molar-refractivity contribution in [3.05, 3.63) is 53.6 Å². The van der Waals surface area contributed by atoms with E-state index in [4.69, 9.17) is 14.2 Å². The molecule has 2 aromatic rings. The lowest BCUT2D eigenvalue weighted by Gasteiger charge is -2.14. The second kappa shape index (κ2) is 10.2. The van der Waals surface area contributed by atoms with Crippen molar-refractivity contribution in [1.29, 1.82) is 0 Å². The largest absolute Gasteiger partial charge is 0.497 e. The number of ether oxygens (including phenoxy) is 3. The van der Waals surface area contributed by atoms with E-state index >= 15 is 0 Å². The second-order valence-electron chi connectivity index (χ2n) is 6.38. The van der Waals surface area contributed by atoms with Gasteiger partial charge in [0.15, 0.2) is 11.5 Å². The van der Waals surface area contributed by atoms with E-state index in [1.165, 1.54) is 7.11 Å². The van der Waals surface area contributed by atoms with E-state index < -0.39 is 5.91 Å². The van der Waals surface area contributed by atoms with Gasteiger partial charge in [-0.3, -0.25) is 20.4 Å². The first-order valence-corrected chi connectivity index (χ1v) is 8.99. The number of aryl methyl sites for hydroxylation is 1. The number of benzene rings is 2. The Morgan fingerprint density at radius 3 is 2.25 bits per heavy atom. The molecule has 0 aliphatic carbocycles. The Labute approximate surface area is 165 Å². The maximum absolute atomic E-state index is 12.3. The van der Waals surface area contributed by atoms with Crippen LogP contribution in [0.4, 0.5) is 0 Å². The molecule has 2 N–H and O–H groups in total. The van der Waals surface area contributed by atoms with Gasteiger partial charge in [0.2, 0.25) is 5.91 Å². The van der Waals surface area contributed by atoms with Crippen molar-refractivity contribution in [3.63, 3.8) is 0 Å². The molecule has 0 atom stereocenters. The Balaban J connectivity index is 1.85. The van der Waals surface area contributed by atoms with E-state index in [-0.39, 0.29) is 18.4 Å². The predicted octanol–water partition coefficient (Wildman–Crippen LogP) is 2.88. The summed E-state index contributed by atoms with van der Waals surface area (Å²) in [5, 5.41) is 0. The predicted molar refractivity (Wildman–Crippen MR) is 106 cm³/mol. The fraction of sp³-hybridized carbons (Fsp3) is 0.333. The van der Waals surface area contributed by atoms with Gasteiger partial charge in [0, 0.05) is 12.0 Å². The normalized spacial score (nSPS) is 10.3. The third-order valence-electron chi connectivity index (χ3n) is 3.90. The van der Waals surface area contributed by atoms with Gasteiger partial charge in [0.1, 0.15) is 5.75 Å². The highest BCUT2D eigenvalue weighted by Crippen LogP contribution is 2.28. The fourth-order valence-corrected chi connectivity index (χ4v) is 2.47. The molecule has 7 nitrogen and oxygen atoms in total. The van der Waals surface area contributed by atoms with Crippen LogP contribution < -0.4 is 25.1 Å². The van der Waals surface area contributed by atoms with E-state index in [0.29, 0.717) is 23.5 Å². The number of carbonyl (C=O) groups is 2. The summed E-state index contributed by atoms with van der Waals surface area (Å²) in [4.78, 5) is 24.2. The number of hydrogen-bond donors (Lipinski definition) is 2. The molecule has 0 aliphatic heterocycles. The summed E-state index contributed by atoms with van der Waals surface area (Å²) in [5.41, 5.74) is 6.19. The molecule has 28 heavy (non-hydrogen) atoms. The molecule has 0 aliphatic rings. The van der Waals surface area contributed by atoms with Crippen LogP contribution in [0.15, 0.2) is 42.5 Å². The number of hydrazine groups is 1. The summed E-state index contributed by atoms with van der Waals surface area (Å²) in [6, 6.07) is 12.3. The topological polar surface area (TPSA) is 85.9 Å². The van der Waals surface area contributed by atoms with Gasteiger partial charge in [-0.05, 0) is 56.2 Å². The summed E-state index contributed by atoms with van der Waals surface area (Å²) < 4.78 is 16.0. The van der Waals surface area contributed by atoms with Crippen LogP contribution in [0.1, 0.15) is 36.2 Å². The molecule has 2 aromatic carbocycles. The minimum Gasteiger partial charge on any atom is -0.497 e. The van der Waals surface area contributed by atoms with Gasteiger partial charge >= 0.3 is 0 Å². The van der Waals surface area contributed by atoms with Crippen LogP contribution in [0.25, 0.3) is 0 Å². The van der Waals surface area contributed by atoms with Gasteiger partial charge in [0.05, 0.1) is 20.3 Å². The third kappa shape index (κ3) is 6.19. The summed E-state index contributed by atoms with van der Waals surface area (Å²) in [6.45, 7) is 3.81. The smallest absolute Gasteiger partial charge is 0.269 e. The SMILES string of the molecule is COc1ccc(CCC(=O)NNC(=O)c2ccc(OC(C)C)c(OC)c2)cc1. The standard InChI is InChI=1S/C21H26N2O5/c1-14(2)28-18-11-8-16(13-19(18)27-4)21(25)23-22-20(24)12-7-15-5-9-17(26-3)10-6-15/h5-6,8-11,13-14H,7,12H2,1-4H3,(H,22,24)(H,23,25). The molecule has 0 aromatic heterocycles. The van der Waals surface area contributed by atoms with Gasteiger partial charge in [-0.2, -0.15) is 0 Å². The number of carbonyl (C=O) groups excluding carboxylic acids is 2. The van der Waals surface area contributed by atoms with E-state index in [2.05, 4.69) is 10.9 Å². The first-order chi connectivity index (χ1) is 13.4. The van der Waals surface area contributed by atoms with Crippen molar-refractivity contribution in [2.75, 3.05) is 14.2 Å². The lowest BCUT2D eigenvalue weighted by molar-refractivity contribution is -0.121. The first-order valence-electron chi connectivity index (χ1n) is 8.99. The molecule has 7 heteroatoms. The van der Waals surface area contributed by atoms with Crippen molar-refractivity contribution in [1.82, 2.24) is 10.9 Å². The lowest BCUT2D eigenvalue weighted by atomic mass is 10.1. The summed E-state index contributed by atoms with van der Waals surface area (Å²) in [7, 11) is 3.11. The van der Waals surface area contributed by atoms with Crippen molar-refractivity contribution in [3.8, 4) is 17.2 Å². The average Bonchev–Trinajstić information content (AvgIpc) is 2.70. The van der Waals surface area contributed by atoms with E-state index in [9.17, 15) is 9.59 Å². The zero-order chi connectivity index (χ0) is 20.5. The molecule has 2 amide bonds. The van der Waals surface area contributed by atoms with Gasteiger partial charge < -0.3 is 14.2 Å². The van der Waals surface area contributed by atoms with Crippen LogP contribution in [-0.4, -0.2) is 32.1 Å². The first kappa shape index (κ1) is 21.1. The Hall–Kier alpha value is -3.22. The number of methoxy groups -OCH3 is 2. The molecule has 0 radical (unpaired) electrons. The van der Waals surface area contributed by atoms with Crippen molar-refractivity contribution < 1.29 is 23.8 Å². The molecule has 2 rings (SSSR count). The van der Waals surface area contributed by atoms with Crippen LogP contribution in [-0.2, 0) is 11.2 Å². The number of rotatable bonds is 8. The summed E-state index contributed by atoms with van der Waals surface area (Å²) in [6.07, 6.45) is 0.788. The van der Waals surface area contributed by atoms with Crippen LogP contribution in [0.3, 0.4) is 0 Å². The second-order valence-corrected chi connectivity index (χ2v) is 6.38. The number of hydrogen-bond acceptors (Lipinski definition) is 5. The van der Waals surface area contributed by atoms with Crippen molar-refractivity contribution in [2.24, 2.45) is 0 Å². The van der Waals surface area contributed by atoms with Crippen LogP contribution >= 0.6 is 0 Å². The Kier molecular flexibility index (Phi) is 7.68. The molecule has 0 saturated carbocycles. The summed E-state index contributed by atoms with van der Waals surface area (Å²) in [5.74, 6) is 1.05. The van der Waals surface area contributed by atoms with E-state index in [1.807, 2.05) is 38.1 Å². The molecular formula is C21H26N2O5. The zero-order valence-electron chi connectivity index (χ0n) is 16.6. The Morgan fingerprint density at radius 2 is 1.64 bits per heavy atom. The molecule has 0 bridgehead atoms. The van der Waals surface area contributed by atoms with E-state index in [0.717, 1.165) is 11.3 Å². The molecule has 150 valence electrons. The average molecular weight is 386 g/mol. The van der Waals surface area contributed by atoms with Gasteiger partial charge in [0.25, 0.3) is 5.91 Å². The minimum absolute atomic E-state index is 0.0152. The molecule has 0 spiro atoms. The molecule has 0 heterocycles. The van der Waals surface area contributed by atoms with E-state index in [1.54, 1.807) is 25.3 Å². The van der Waals surface area contributed by atoms with Crippen molar-refractivity contribution in [2.45, 2.75) is 32.8 Å². The maximum Gasteiger partial charge on any atom is 0.269 e. The third-order valence-corrected chi connectivity index (χ3v) is 3.90. The highest BCUT2D eigenvalue weighted by Gasteiger charge is 2.13. The highest BCUT2D eigenvalue weighted by atomic mass is 16.5. The molecule has 0 unspecified atom stereocenters. The van der Waals surface area contributed by atoms with Gasteiger partial charge in [-0.15, -0.1) is 0 Å². The molecule has 0 fully saturated rings. The minimum atomic E-state index is -0.438. The van der Waals surface area contributed by atoms with Crippen molar-refractivity contribution >= 4 is 11.8 Å². The van der Waals surface area contributed by atoms with Crippen LogP contribution in [0.2, 0.25) is 0 Å². The Morgan fingerprint density at radius 1 is 0.929 bits per heavy atom. The lowest BCUT2D eigenvalue weighted by Crippen LogP contribution is -2.41. The number of amides is 2. The van der Waals surface area contributed by atoms with Gasteiger partial charge in [-0.1, -0.05) is 12.1 Å². The molecular weight excluding hydrogens is 360 g/mol. The van der Waals surface area contributed by atoms with Gasteiger partial charge in [-0.25, -0.2) is 0 Å². The quantitative estimate of drug-likeness (QED) is 0.682. The summed E-state index contributed by atoms with van der Waals surface area (Å²) >= 11 is 0. The number of nitrogens with one attached hydrogen (secondary N) is 2. The molecule has 0 saturated heterocycles. The van der Waals surface area contributed by atoms with Crippen LogP contribution in [0, 0.1) is 0 Å². The van der Waals surface area contributed by atoms with Crippen LogP contribution in [0.5, 0.6) is 17.2 Å². The Bertz CT molecular complexity index is 803. The fourth-order valence-electron chi connectivity index (χ4n) is 2.47. The monoisotopic (exact) mass is 386 g/mol. The maximum atomic E-state index is 12.3. The zero-order valence-corrected chi connectivity index (χ0v) is 16.6. The highest BCUT2D eigenvalue weighted by molar-refractivity contribution is 5.96.